The van der Waals surface area contributed by atoms with E-state index < -0.39 is 5.60 Å². The van der Waals surface area contributed by atoms with Crippen molar-refractivity contribution in [2.45, 2.75) is 38.4 Å². The number of pyridine rings is 2. The van der Waals surface area contributed by atoms with E-state index in [4.69, 9.17) is 16.3 Å². The highest BCUT2D eigenvalue weighted by molar-refractivity contribution is 6.33. The van der Waals surface area contributed by atoms with Gasteiger partial charge >= 0.3 is 0 Å². The molecule has 1 aliphatic heterocycles. The number of aromatic nitrogens is 2. The van der Waals surface area contributed by atoms with Crippen LogP contribution in [0.15, 0.2) is 55.0 Å². The Kier molecular flexibility index (Phi) is 6.79. The molecule has 0 radical (unpaired) electrons. The van der Waals surface area contributed by atoms with Gasteiger partial charge in [-0.05, 0) is 62.6 Å². The quantitative estimate of drug-likeness (QED) is 0.577. The summed E-state index contributed by atoms with van der Waals surface area (Å²) in [5.74, 6) is -0.0627. The van der Waals surface area contributed by atoms with E-state index in [1.54, 1.807) is 42.7 Å². The molecule has 1 amide bonds. The Labute approximate surface area is 199 Å². The van der Waals surface area contributed by atoms with Crippen LogP contribution in [0.1, 0.15) is 42.7 Å². The minimum Gasteiger partial charge on any atom is -0.393 e. The van der Waals surface area contributed by atoms with Crippen LogP contribution in [-0.2, 0) is 10.3 Å². The number of methoxy groups -OCH3 is 1. The monoisotopic (exact) mass is 465 g/mol. The lowest BCUT2D eigenvalue weighted by Crippen LogP contribution is -2.40. The van der Waals surface area contributed by atoms with Crippen LogP contribution in [0.3, 0.4) is 0 Å². The van der Waals surface area contributed by atoms with Gasteiger partial charge in [-0.1, -0.05) is 17.7 Å². The highest BCUT2D eigenvalue weighted by Gasteiger charge is 2.23. The third-order valence-corrected chi connectivity index (χ3v) is 6.55. The lowest BCUT2D eigenvalue weighted by molar-refractivity contribution is 0.0155. The summed E-state index contributed by atoms with van der Waals surface area (Å²) in [5.41, 5.74) is 4.47. The van der Waals surface area contributed by atoms with Gasteiger partial charge in [0.2, 0.25) is 0 Å². The Bertz CT molecular complexity index is 1160. The molecule has 0 bridgehead atoms. The topological polar surface area (TPSA) is 75.5 Å². The molecule has 172 valence electrons. The molecule has 1 aromatic carbocycles. The third kappa shape index (κ3) is 5.08. The van der Waals surface area contributed by atoms with Crippen LogP contribution in [0.4, 0.5) is 0 Å². The van der Waals surface area contributed by atoms with Crippen molar-refractivity contribution < 1.29 is 14.6 Å². The van der Waals surface area contributed by atoms with Crippen molar-refractivity contribution in [1.82, 2.24) is 14.9 Å². The number of amides is 1. The second-order valence-electron chi connectivity index (χ2n) is 8.82. The zero-order chi connectivity index (χ0) is 23.6. The summed E-state index contributed by atoms with van der Waals surface area (Å²) >= 11 is 6.61. The molecule has 1 N–H and O–H groups in total. The Hall–Kier alpha value is -2.80. The number of rotatable bonds is 5. The van der Waals surface area contributed by atoms with Crippen LogP contribution in [0.25, 0.3) is 22.3 Å². The first-order chi connectivity index (χ1) is 15.8. The van der Waals surface area contributed by atoms with Crippen molar-refractivity contribution >= 4 is 17.5 Å². The molecule has 3 aromatic rings. The Balaban J connectivity index is 1.60. The normalized spacial score (nSPS) is 15.0. The van der Waals surface area contributed by atoms with Gasteiger partial charge in [0, 0.05) is 66.1 Å². The van der Waals surface area contributed by atoms with E-state index in [0.29, 0.717) is 36.5 Å². The Morgan fingerprint density at radius 1 is 1.09 bits per heavy atom. The van der Waals surface area contributed by atoms with Crippen molar-refractivity contribution in [3.05, 3.63) is 71.3 Å². The van der Waals surface area contributed by atoms with E-state index in [-0.39, 0.29) is 12.0 Å². The molecule has 0 unspecified atom stereocenters. The van der Waals surface area contributed by atoms with E-state index in [2.05, 4.69) is 9.97 Å². The Morgan fingerprint density at radius 2 is 1.82 bits per heavy atom. The zero-order valence-corrected chi connectivity index (χ0v) is 19.8. The summed E-state index contributed by atoms with van der Waals surface area (Å²) in [6.45, 7) is 5.06. The molecule has 3 heterocycles. The van der Waals surface area contributed by atoms with Crippen molar-refractivity contribution in [1.29, 1.82) is 0 Å². The highest BCUT2D eigenvalue weighted by atomic mass is 35.5. The maximum atomic E-state index is 12.8. The molecule has 1 fully saturated rings. The van der Waals surface area contributed by atoms with Gasteiger partial charge in [-0.2, -0.15) is 0 Å². The summed E-state index contributed by atoms with van der Waals surface area (Å²) in [6.07, 6.45) is 6.23. The molecule has 2 aromatic heterocycles. The van der Waals surface area contributed by atoms with Gasteiger partial charge in [-0.3, -0.25) is 14.8 Å². The van der Waals surface area contributed by atoms with Crippen molar-refractivity contribution in [3.63, 3.8) is 0 Å². The smallest absolute Gasteiger partial charge is 0.253 e. The average Bonchev–Trinajstić information content (AvgIpc) is 2.84. The highest BCUT2D eigenvalue weighted by Crippen LogP contribution is 2.32. The van der Waals surface area contributed by atoms with Gasteiger partial charge in [-0.25, -0.2) is 0 Å². The number of carbonyl (C=O) groups is 1. The van der Waals surface area contributed by atoms with Gasteiger partial charge in [0.05, 0.1) is 11.8 Å². The molecule has 1 aliphatic rings. The van der Waals surface area contributed by atoms with Crippen LogP contribution in [0.5, 0.6) is 0 Å². The molecule has 0 spiro atoms. The molecule has 7 heteroatoms. The van der Waals surface area contributed by atoms with E-state index in [1.807, 2.05) is 38.1 Å². The fraction of sp³-hybridized carbons (Fsp3) is 0.346. The predicted octanol–water partition coefficient (Wildman–Crippen LogP) is 4.94. The van der Waals surface area contributed by atoms with Crippen LogP contribution in [0.2, 0.25) is 5.02 Å². The number of carbonyl (C=O) groups excluding carboxylic acids is 1. The van der Waals surface area contributed by atoms with Gasteiger partial charge in [-0.15, -0.1) is 0 Å². The number of benzene rings is 1. The van der Waals surface area contributed by atoms with Crippen LogP contribution >= 0.6 is 11.6 Å². The fourth-order valence-corrected chi connectivity index (χ4v) is 4.21. The predicted molar refractivity (Wildman–Crippen MR) is 129 cm³/mol. The first-order valence-electron chi connectivity index (χ1n) is 11.0. The van der Waals surface area contributed by atoms with Crippen molar-refractivity contribution in [2.24, 2.45) is 0 Å². The van der Waals surface area contributed by atoms with E-state index >= 15 is 0 Å². The third-order valence-electron chi connectivity index (χ3n) is 6.24. The summed E-state index contributed by atoms with van der Waals surface area (Å²) < 4.78 is 5.56. The zero-order valence-electron chi connectivity index (χ0n) is 19.1. The summed E-state index contributed by atoms with van der Waals surface area (Å²) in [6, 6.07) is 11.3. The van der Waals surface area contributed by atoms with Crippen molar-refractivity contribution in [3.8, 4) is 22.3 Å². The van der Waals surface area contributed by atoms with Gasteiger partial charge in [0.1, 0.15) is 5.60 Å². The molecule has 0 saturated carbocycles. The number of ether oxygens (including phenoxy) is 1. The van der Waals surface area contributed by atoms with Gasteiger partial charge in [0.25, 0.3) is 5.91 Å². The molecule has 0 atom stereocenters. The second kappa shape index (κ2) is 9.59. The van der Waals surface area contributed by atoms with E-state index in [9.17, 15) is 9.90 Å². The van der Waals surface area contributed by atoms with Gasteiger partial charge < -0.3 is 14.7 Å². The number of likely N-dealkylation sites (tertiary alicyclic amines) is 1. The molecule has 4 rings (SSSR count). The summed E-state index contributed by atoms with van der Waals surface area (Å²) in [4.78, 5) is 23.5. The standard InChI is InChI=1S/C26H28ClN3O3/c1-26(2,33-3)24-14-17(6-9-29-24)19-12-20(16-28-15-19)22-5-4-18(13-23(22)27)25(32)30-10-7-21(31)8-11-30/h4-6,9,12-16,21,31H,7-8,10-11H2,1-3H3. The molecular weight excluding hydrogens is 438 g/mol. The molecule has 1 saturated heterocycles. The first-order valence-corrected chi connectivity index (χ1v) is 11.4. The maximum absolute atomic E-state index is 12.8. The SMILES string of the molecule is COC(C)(C)c1cc(-c2cncc(-c3ccc(C(=O)N4CCC(O)CC4)cc3Cl)c2)ccn1. The summed E-state index contributed by atoms with van der Waals surface area (Å²) in [5, 5.41) is 10.2. The number of nitrogens with zero attached hydrogens (tertiary/aromatic N) is 3. The van der Waals surface area contributed by atoms with Crippen LogP contribution in [-0.4, -0.2) is 52.2 Å². The number of aliphatic hydroxyl groups is 1. The number of aliphatic hydroxyl groups excluding tert-OH is 1. The number of hydrogen-bond acceptors (Lipinski definition) is 5. The summed E-state index contributed by atoms with van der Waals surface area (Å²) in [7, 11) is 1.67. The Morgan fingerprint density at radius 3 is 2.52 bits per heavy atom. The molecule has 0 aliphatic carbocycles. The minimum absolute atomic E-state index is 0.0627. The van der Waals surface area contributed by atoms with Gasteiger partial charge in [0.15, 0.2) is 0 Å². The minimum atomic E-state index is -0.501. The van der Waals surface area contributed by atoms with E-state index in [0.717, 1.165) is 27.9 Å². The van der Waals surface area contributed by atoms with Crippen molar-refractivity contribution in [2.75, 3.05) is 20.2 Å². The number of piperidine rings is 1. The second-order valence-corrected chi connectivity index (χ2v) is 9.23. The van der Waals surface area contributed by atoms with Crippen LogP contribution < -0.4 is 0 Å². The van der Waals surface area contributed by atoms with E-state index in [1.165, 1.54) is 0 Å². The fourth-order valence-electron chi connectivity index (χ4n) is 3.92. The largest absolute Gasteiger partial charge is 0.393 e. The molecule has 6 nitrogen and oxygen atoms in total. The molecule has 33 heavy (non-hydrogen) atoms. The number of halogens is 1. The average molecular weight is 466 g/mol. The lowest BCUT2D eigenvalue weighted by Gasteiger charge is -2.29. The van der Waals surface area contributed by atoms with Crippen LogP contribution in [0, 0.1) is 0 Å². The number of hydrogen-bond donors (Lipinski definition) is 1. The lowest BCUT2D eigenvalue weighted by atomic mass is 9.98. The first kappa shape index (κ1) is 23.4. The molecular formula is C26H28ClN3O3. The maximum Gasteiger partial charge on any atom is 0.253 e.